The van der Waals surface area contributed by atoms with E-state index in [1.807, 2.05) is 20.9 Å². The largest absolute Gasteiger partial charge is 0.467 e. The van der Waals surface area contributed by atoms with Crippen LogP contribution in [0.4, 0.5) is 5.69 Å². The van der Waals surface area contributed by atoms with Crippen molar-refractivity contribution < 1.29 is 14.0 Å². The molecule has 2 heterocycles. The van der Waals surface area contributed by atoms with Gasteiger partial charge in [0.1, 0.15) is 5.76 Å². The van der Waals surface area contributed by atoms with Crippen molar-refractivity contribution >= 4 is 17.5 Å². The van der Waals surface area contributed by atoms with Crippen molar-refractivity contribution in [3.63, 3.8) is 0 Å². The minimum atomic E-state index is -0.281. The highest BCUT2D eigenvalue weighted by Gasteiger charge is 2.16. The Labute approximate surface area is 157 Å². The number of nitrogens with one attached hydrogen (secondary N) is 2. The molecule has 2 N–H and O–H groups in total. The number of aromatic nitrogens is 2. The number of hydrogen-bond donors (Lipinski definition) is 2. The van der Waals surface area contributed by atoms with E-state index in [1.54, 1.807) is 47.3 Å². The summed E-state index contributed by atoms with van der Waals surface area (Å²) in [6.45, 7) is 4.09. The van der Waals surface area contributed by atoms with Crippen LogP contribution in [0, 0.1) is 13.8 Å². The Bertz CT molecular complexity index is 958. The molecule has 0 unspecified atom stereocenters. The second-order valence-corrected chi connectivity index (χ2v) is 6.31. The number of para-hydroxylation sites is 1. The van der Waals surface area contributed by atoms with Gasteiger partial charge in [-0.25, -0.2) is 0 Å². The highest BCUT2D eigenvalue weighted by Crippen LogP contribution is 2.18. The van der Waals surface area contributed by atoms with E-state index in [0.717, 1.165) is 17.0 Å². The first kappa shape index (κ1) is 18.4. The van der Waals surface area contributed by atoms with Crippen molar-refractivity contribution in [1.82, 2.24) is 15.1 Å². The van der Waals surface area contributed by atoms with Crippen molar-refractivity contribution in [2.75, 3.05) is 5.32 Å². The van der Waals surface area contributed by atoms with Gasteiger partial charge in [-0.15, -0.1) is 0 Å². The lowest BCUT2D eigenvalue weighted by atomic mass is 10.1. The van der Waals surface area contributed by atoms with Gasteiger partial charge in [0.15, 0.2) is 0 Å². The first-order chi connectivity index (χ1) is 13.0. The zero-order valence-corrected chi connectivity index (χ0v) is 15.6. The lowest BCUT2D eigenvalue weighted by Gasteiger charge is -2.11. The van der Waals surface area contributed by atoms with Crippen LogP contribution < -0.4 is 10.6 Å². The molecule has 2 aromatic heterocycles. The zero-order valence-electron chi connectivity index (χ0n) is 15.6. The number of aryl methyl sites for hydroxylation is 2. The van der Waals surface area contributed by atoms with Crippen molar-refractivity contribution in [1.29, 1.82) is 0 Å². The Morgan fingerprint density at radius 3 is 2.59 bits per heavy atom. The predicted octanol–water partition coefficient (Wildman–Crippen LogP) is 2.74. The molecule has 7 nitrogen and oxygen atoms in total. The van der Waals surface area contributed by atoms with Crippen molar-refractivity contribution in [2.24, 2.45) is 7.05 Å². The van der Waals surface area contributed by atoms with Crippen LogP contribution in [0.3, 0.4) is 0 Å². The summed E-state index contributed by atoms with van der Waals surface area (Å²) in [5, 5.41) is 9.95. The lowest BCUT2D eigenvalue weighted by molar-refractivity contribution is -0.115. The topological polar surface area (TPSA) is 89.2 Å². The smallest absolute Gasteiger partial charge is 0.253 e. The van der Waals surface area contributed by atoms with Gasteiger partial charge < -0.3 is 15.1 Å². The molecule has 27 heavy (non-hydrogen) atoms. The normalized spacial score (nSPS) is 10.6. The molecule has 3 rings (SSSR count). The summed E-state index contributed by atoms with van der Waals surface area (Å²) in [6, 6.07) is 10.5. The zero-order chi connectivity index (χ0) is 19.4. The van der Waals surface area contributed by atoms with Gasteiger partial charge in [0, 0.05) is 18.3 Å². The van der Waals surface area contributed by atoms with Gasteiger partial charge >= 0.3 is 0 Å². The second-order valence-electron chi connectivity index (χ2n) is 6.31. The van der Waals surface area contributed by atoms with Gasteiger partial charge in [0.25, 0.3) is 5.91 Å². The molecule has 1 aromatic carbocycles. The van der Waals surface area contributed by atoms with E-state index in [1.165, 1.54) is 0 Å². The Morgan fingerprint density at radius 1 is 1.15 bits per heavy atom. The standard InChI is InChI=1S/C20H22N4O3/c1-13-17(14(2)24(3)23-13)11-19(25)22-18-9-5-4-8-16(18)20(26)21-12-15-7-6-10-27-15/h4-10H,11-12H2,1-3H3,(H,21,26)(H,22,25). The van der Waals surface area contributed by atoms with Gasteiger partial charge in [-0.05, 0) is 38.1 Å². The second kappa shape index (κ2) is 7.90. The summed E-state index contributed by atoms with van der Waals surface area (Å²) in [7, 11) is 1.85. The summed E-state index contributed by atoms with van der Waals surface area (Å²) in [5.41, 5.74) is 3.55. The molecule has 140 valence electrons. The third-order valence-corrected chi connectivity index (χ3v) is 4.45. The third kappa shape index (κ3) is 4.25. The van der Waals surface area contributed by atoms with E-state index in [0.29, 0.717) is 17.0 Å². The van der Waals surface area contributed by atoms with Crippen LogP contribution in [0.15, 0.2) is 47.1 Å². The molecule has 0 spiro atoms. The quantitative estimate of drug-likeness (QED) is 0.702. The SMILES string of the molecule is Cc1nn(C)c(C)c1CC(=O)Nc1ccccc1C(=O)NCc1ccco1. The highest BCUT2D eigenvalue weighted by atomic mass is 16.3. The average molecular weight is 366 g/mol. The number of hydrogen-bond acceptors (Lipinski definition) is 4. The minimum Gasteiger partial charge on any atom is -0.467 e. The Kier molecular flexibility index (Phi) is 5.40. The van der Waals surface area contributed by atoms with Crippen LogP contribution in [0.2, 0.25) is 0 Å². The fourth-order valence-electron chi connectivity index (χ4n) is 2.89. The predicted molar refractivity (Wildman–Crippen MR) is 101 cm³/mol. The van der Waals surface area contributed by atoms with Crippen LogP contribution >= 0.6 is 0 Å². The number of anilines is 1. The number of benzene rings is 1. The molecule has 0 bridgehead atoms. The summed E-state index contributed by atoms with van der Waals surface area (Å²) in [5.74, 6) is 0.184. The number of furan rings is 1. The fourth-order valence-corrected chi connectivity index (χ4v) is 2.89. The van der Waals surface area contributed by atoms with Gasteiger partial charge in [0.2, 0.25) is 5.91 Å². The molecule has 0 aliphatic heterocycles. The molecule has 0 fully saturated rings. The van der Waals surface area contributed by atoms with Gasteiger partial charge in [-0.1, -0.05) is 12.1 Å². The van der Waals surface area contributed by atoms with E-state index in [2.05, 4.69) is 15.7 Å². The molecule has 0 aliphatic carbocycles. The average Bonchev–Trinajstić information content (AvgIpc) is 3.24. The molecular formula is C20H22N4O3. The third-order valence-electron chi connectivity index (χ3n) is 4.45. The maximum atomic E-state index is 12.5. The monoisotopic (exact) mass is 366 g/mol. The number of nitrogens with zero attached hydrogens (tertiary/aromatic N) is 2. The molecule has 0 saturated heterocycles. The molecule has 0 saturated carbocycles. The molecule has 3 aromatic rings. The van der Waals surface area contributed by atoms with E-state index >= 15 is 0 Å². The summed E-state index contributed by atoms with van der Waals surface area (Å²) >= 11 is 0. The summed E-state index contributed by atoms with van der Waals surface area (Å²) in [4.78, 5) is 25.0. The molecule has 0 radical (unpaired) electrons. The molecule has 0 aliphatic rings. The van der Waals surface area contributed by atoms with Crippen LogP contribution in [0.25, 0.3) is 0 Å². The molecule has 0 atom stereocenters. The number of amides is 2. The van der Waals surface area contributed by atoms with Crippen LogP contribution in [0.1, 0.15) is 33.1 Å². The first-order valence-electron chi connectivity index (χ1n) is 8.64. The lowest BCUT2D eigenvalue weighted by Crippen LogP contribution is -2.25. The Hall–Kier alpha value is -3.35. The Balaban J connectivity index is 1.69. The van der Waals surface area contributed by atoms with E-state index in [-0.39, 0.29) is 24.8 Å². The van der Waals surface area contributed by atoms with E-state index < -0.39 is 0 Å². The van der Waals surface area contributed by atoms with Gasteiger partial charge in [-0.3, -0.25) is 14.3 Å². The highest BCUT2D eigenvalue weighted by molar-refractivity contribution is 6.04. The molecule has 2 amide bonds. The van der Waals surface area contributed by atoms with Crippen molar-refractivity contribution in [3.8, 4) is 0 Å². The van der Waals surface area contributed by atoms with E-state index in [4.69, 9.17) is 4.42 Å². The van der Waals surface area contributed by atoms with Gasteiger partial charge in [-0.2, -0.15) is 5.10 Å². The fraction of sp³-hybridized carbons (Fsp3) is 0.250. The van der Waals surface area contributed by atoms with Crippen LogP contribution in [-0.2, 0) is 24.8 Å². The number of carbonyl (C=O) groups is 2. The van der Waals surface area contributed by atoms with Crippen LogP contribution in [-0.4, -0.2) is 21.6 Å². The van der Waals surface area contributed by atoms with Crippen molar-refractivity contribution in [2.45, 2.75) is 26.8 Å². The van der Waals surface area contributed by atoms with Gasteiger partial charge in [0.05, 0.1) is 36.2 Å². The first-order valence-corrected chi connectivity index (χ1v) is 8.64. The summed E-state index contributed by atoms with van der Waals surface area (Å²) in [6.07, 6.45) is 1.76. The molecule has 7 heteroatoms. The molecular weight excluding hydrogens is 344 g/mol. The Morgan fingerprint density at radius 2 is 1.93 bits per heavy atom. The number of rotatable bonds is 6. The van der Waals surface area contributed by atoms with Crippen LogP contribution in [0.5, 0.6) is 0 Å². The minimum absolute atomic E-state index is 0.194. The van der Waals surface area contributed by atoms with Crippen molar-refractivity contribution in [3.05, 3.63) is 70.9 Å². The number of carbonyl (C=O) groups excluding carboxylic acids is 2. The summed E-state index contributed by atoms with van der Waals surface area (Å²) < 4.78 is 6.97. The maximum absolute atomic E-state index is 12.5. The maximum Gasteiger partial charge on any atom is 0.253 e. The van der Waals surface area contributed by atoms with E-state index in [9.17, 15) is 9.59 Å².